The van der Waals surface area contributed by atoms with Crippen molar-refractivity contribution in [2.45, 2.75) is 32.7 Å². The Kier molecular flexibility index (Phi) is 5.19. The van der Waals surface area contributed by atoms with E-state index in [9.17, 15) is 0 Å². The second-order valence-corrected chi connectivity index (χ2v) is 4.54. The lowest BCUT2D eigenvalue weighted by molar-refractivity contribution is 0.0824. The number of hydrogen-bond acceptors (Lipinski definition) is 2. The zero-order valence-corrected chi connectivity index (χ0v) is 9.82. The predicted molar refractivity (Wildman–Crippen MR) is 62.4 cm³/mol. The first kappa shape index (κ1) is 11.7. The summed E-state index contributed by atoms with van der Waals surface area (Å²) in [6, 6.07) is 0.496. The molecule has 3 nitrogen and oxygen atoms in total. The number of ether oxygens (including phenoxy) is 1. The molecule has 0 amide bonds. The zero-order chi connectivity index (χ0) is 10.4. The van der Waals surface area contributed by atoms with Crippen molar-refractivity contribution in [1.29, 1.82) is 0 Å². The van der Waals surface area contributed by atoms with Gasteiger partial charge in [-0.05, 0) is 31.0 Å². The van der Waals surface area contributed by atoms with Gasteiger partial charge in [0.1, 0.15) is 0 Å². The van der Waals surface area contributed by atoms with Crippen molar-refractivity contribution >= 4 is 17.3 Å². The van der Waals surface area contributed by atoms with Gasteiger partial charge in [-0.25, -0.2) is 0 Å². The molecule has 1 aliphatic rings. The van der Waals surface area contributed by atoms with Gasteiger partial charge in [0, 0.05) is 25.8 Å². The van der Waals surface area contributed by atoms with Crippen LogP contribution in [0.1, 0.15) is 26.7 Å². The molecule has 0 atom stereocenters. The van der Waals surface area contributed by atoms with Crippen LogP contribution < -0.4 is 10.6 Å². The molecular weight excluding hydrogens is 196 g/mol. The minimum absolute atomic E-state index is 0.496. The van der Waals surface area contributed by atoms with Crippen molar-refractivity contribution in [2.75, 3.05) is 19.8 Å². The molecule has 82 valence electrons. The molecule has 0 saturated carbocycles. The van der Waals surface area contributed by atoms with Crippen LogP contribution in [0.25, 0.3) is 0 Å². The Morgan fingerprint density at radius 1 is 1.43 bits per heavy atom. The van der Waals surface area contributed by atoms with Crippen LogP contribution in [-0.4, -0.2) is 30.9 Å². The van der Waals surface area contributed by atoms with E-state index in [0.29, 0.717) is 12.0 Å². The van der Waals surface area contributed by atoms with Crippen LogP contribution >= 0.6 is 12.2 Å². The van der Waals surface area contributed by atoms with Crippen molar-refractivity contribution in [3.63, 3.8) is 0 Å². The summed E-state index contributed by atoms with van der Waals surface area (Å²) in [5.74, 6) is 0.629. The average Bonchev–Trinajstić information content (AvgIpc) is 2.16. The molecule has 0 aromatic rings. The van der Waals surface area contributed by atoms with E-state index in [1.165, 1.54) is 0 Å². The summed E-state index contributed by atoms with van der Waals surface area (Å²) in [6.45, 7) is 6.98. The first-order valence-electron chi connectivity index (χ1n) is 5.30. The first-order chi connectivity index (χ1) is 6.68. The molecule has 0 spiro atoms. The zero-order valence-electron chi connectivity index (χ0n) is 9.01. The molecule has 1 heterocycles. The van der Waals surface area contributed by atoms with Crippen LogP contribution in [0, 0.1) is 5.92 Å². The molecule has 0 aliphatic carbocycles. The van der Waals surface area contributed by atoms with Crippen LogP contribution in [-0.2, 0) is 4.74 Å². The van der Waals surface area contributed by atoms with Gasteiger partial charge in [-0.1, -0.05) is 13.8 Å². The van der Waals surface area contributed by atoms with E-state index in [4.69, 9.17) is 17.0 Å². The normalized spacial score (nSPS) is 18.2. The van der Waals surface area contributed by atoms with E-state index in [1.54, 1.807) is 0 Å². The Morgan fingerprint density at radius 3 is 2.64 bits per heavy atom. The SMILES string of the molecule is CC(C)CNC(=S)NC1CCOCC1. The van der Waals surface area contributed by atoms with Crippen LogP contribution in [0.5, 0.6) is 0 Å². The Morgan fingerprint density at radius 2 is 2.07 bits per heavy atom. The number of nitrogens with one attached hydrogen (secondary N) is 2. The Bertz CT molecular complexity index is 179. The van der Waals surface area contributed by atoms with E-state index in [2.05, 4.69) is 24.5 Å². The van der Waals surface area contributed by atoms with E-state index in [1.807, 2.05) is 0 Å². The monoisotopic (exact) mass is 216 g/mol. The van der Waals surface area contributed by atoms with Crippen molar-refractivity contribution < 1.29 is 4.74 Å². The van der Waals surface area contributed by atoms with Gasteiger partial charge in [-0.2, -0.15) is 0 Å². The largest absolute Gasteiger partial charge is 0.381 e. The van der Waals surface area contributed by atoms with Crippen LogP contribution in [0.2, 0.25) is 0 Å². The van der Waals surface area contributed by atoms with Gasteiger partial charge in [0.05, 0.1) is 0 Å². The van der Waals surface area contributed by atoms with E-state index in [-0.39, 0.29) is 0 Å². The fraction of sp³-hybridized carbons (Fsp3) is 0.900. The maximum atomic E-state index is 5.28. The molecule has 1 fully saturated rings. The maximum absolute atomic E-state index is 5.28. The van der Waals surface area contributed by atoms with Crippen LogP contribution in [0.4, 0.5) is 0 Å². The Balaban J connectivity index is 2.12. The molecule has 0 radical (unpaired) electrons. The lowest BCUT2D eigenvalue weighted by atomic mass is 10.1. The second-order valence-electron chi connectivity index (χ2n) is 4.13. The molecule has 0 aromatic carbocycles. The van der Waals surface area contributed by atoms with Gasteiger partial charge in [0.2, 0.25) is 0 Å². The minimum Gasteiger partial charge on any atom is -0.381 e. The number of hydrogen-bond donors (Lipinski definition) is 2. The summed E-state index contributed by atoms with van der Waals surface area (Å²) < 4.78 is 5.28. The smallest absolute Gasteiger partial charge is 0.166 e. The summed E-state index contributed by atoms with van der Waals surface area (Å²) in [5, 5.41) is 7.31. The van der Waals surface area contributed by atoms with Gasteiger partial charge in [0.15, 0.2) is 5.11 Å². The highest BCUT2D eigenvalue weighted by Crippen LogP contribution is 2.05. The van der Waals surface area contributed by atoms with Crippen molar-refractivity contribution in [2.24, 2.45) is 5.92 Å². The highest BCUT2D eigenvalue weighted by molar-refractivity contribution is 7.80. The maximum Gasteiger partial charge on any atom is 0.166 e. The molecule has 1 aliphatic heterocycles. The van der Waals surface area contributed by atoms with Crippen molar-refractivity contribution in [1.82, 2.24) is 10.6 Å². The van der Waals surface area contributed by atoms with Crippen molar-refractivity contribution in [3.8, 4) is 0 Å². The van der Waals surface area contributed by atoms with E-state index in [0.717, 1.165) is 37.7 Å². The Hall–Kier alpha value is -0.350. The van der Waals surface area contributed by atoms with Gasteiger partial charge >= 0.3 is 0 Å². The third kappa shape index (κ3) is 4.77. The molecule has 14 heavy (non-hydrogen) atoms. The molecule has 4 heteroatoms. The molecule has 1 rings (SSSR count). The van der Waals surface area contributed by atoms with E-state index < -0.39 is 0 Å². The fourth-order valence-corrected chi connectivity index (χ4v) is 1.63. The van der Waals surface area contributed by atoms with Crippen LogP contribution in [0.3, 0.4) is 0 Å². The topological polar surface area (TPSA) is 33.3 Å². The quantitative estimate of drug-likeness (QED) is 0.696. The fourth-order valence-electron chi connectivity index (χ4n) is 1.38. The third-order valence-corrected chi connectivity index (χ3v) is 2.49. The Labute approximate surface area is 91.6 Å². The number of thiocarbonyl (C=S) groups is 1. The van der Waals surface area contributed by atoms with E-state index >= 15 is 0 Å². The highest BCUT2D eigenvalue weighted by Gasteiger charge is 2.13. The standard InChI is InChI=1S/C10H20N2OS/c1-8(2)7-11-10(14)12-9-3-5-13-6-4-9/h8-9H,3-7H2,1-2H3,(H2,11,12,14). The van der Waals surface area contributed by atoms with Gasteiger partial charge in [0.25, 0.3) is 0 Å². The third-order valence-electron chi connectivity index (χ3n) is 2.23. The van der Waals surface area contributed by atoms with Gasteiger partial charge in [-0.15, -0.1) is 0 Å². The van der Waals surface area contributed by atoms with Gasteiger partial charge < -0.3 is 15.4 Å². The first-order valence-corrected chi connectivity index (χ1v) is 5.71. The molecule has 1 saturated heterocycles. The molecular formula is C10H20N2OS. The lowest BCUT2D eigenvalue weighted by Crippen LogP contribution is -2.45. The highest BCUT2D eigenvalue weighted by atomic mass is 32.1. The summed E-state index contributed by atoms with van der Waals surface area (Å²) >= 11 is 5.19. The summed E-state index contributed by atoms with van der Waals surface area (Å²) in [7, 11) is 0. The predicted octanol–water partition coefficient (Wildman–Crippen LogP) is 1.29. The molecule has 0 unspecified atom stereocenters. The minimum atomic E-state index is 0.496. The molecule has 0 bridgehead atoms. The van der Waals surface area contributed by atoms with Crippen LogP contribution in [0.15, 0.2) is 0 Å². The number of rotatable bonds is 3. The lowest BCUT2D eigenvalue weighted by Gasteiger charge is -2.24. The molecule has 0 aromatic heterocycles. The van der Waals surface area contributed by atoms with Crippen molar-refractivity contribution in [3.05, 3.63) is 0 Å². The summed E-state index contributed by atoms with van der Waals surface area (Å²) in [6.07, 6.45) is 2.12. The second kappa shape index (κ2) is 6.19. The van der Waals surface area contributed by atoms with Gasteiger partial charge in [-0.3, -0.25) is 0 Å². The summed E-state index contributed by atoms with van der Waals surface area (Å²) in [4.78, 5) is 0. The summed E-state index contributed by atoms with van der Waals surface area (Å²) in [5.41, 5.74) is 0. The average molecular weight is 216 g/mol. The molecule has 2 N–H and O–H groups in total.